The van der Waals surface area contributed by atoms with Gasteiger partial charge in [-0.3, -0.25) is 4.57 Å². The van der Waals surface area contributed by atoms with E-state index < -0.39 is 30.6 Å². The van der Waals surface area contributed by atoms with Gasteiger partial charge in [0.2, 0.25) is 0 Å². The molecule has 0 unspecified atom stereocenters. The fraction of sp³-hybridized carbons (Fsp3) is 0.417. The molecule has 3 rings (SSSR count). The maximum absolute atomic E-state index is 10.3. The number of rotatable bonds is 3. The van der Waals surface area contributed by atoms with Crippen LogP contribution in [0.5, 0.6) is 0 Å². The third-order valence-corrected chi connectivity index (χ3v) is 3.68. The van der Waals surface area contributed by atoms with Crippen molar-refractivity contribution < 1.29 is 20.1 Å². The van der Waals surface area contributed by atoms with Gasteiger partial charge in [0.15, 0.2) is 17.2 Å². The maximum Gasteiger partial charge on any atom is 0.195 e. The number of nitrogen functional groups attached to an aromatic ring is 1. The van der Waals surface area contributed by atoms with Gasteiger partial charge in [0.1, 0.15) is 30.2 Å². The van der Waals surface area contributed by atoms with Crippen LogP contribution >= 0.6 is 0 Å². The SMILES string of the molecule is C=C[C@@]1(n2cnc3c(N)ncnc32)O[C@H](CO)[C@@H](O)[C@H]1O. The topological polar surface area (TPSA) is 140 Å². The third kappa shape index (κ3) is 1.75. The van der Waals surface area contributed by atoms with Crippen LogP contribution in [0.4, 0.5) is 5.82 Å². The molecule has 0 radical (unpaired) electrons. The van der Waals surface area contributed by atoms with Gasteiger partial charge < -0.3 is 25.8 Å². The molecule has 1 aliphatic heterocycles. The minimum Gasteiger partial charge on any atom is -0.394 e. The van der Waals surface area contributed by atoms with Crippen molar-refractivity contribution in [1.29, 1.82) is 0 Å². The van der Waals surface area contributed by atoms with E-state index in [9.17, 15) is 15.3 Å². The van der Waals surface area contributed by atoms with Gasteiger partial charge in [-0.2, -0.15) is 0 Å². The Labute approximate surface area is 119 Å². The average molecular weight is 293 g/mol. The summed E-state index contributed by atoms with van der Waals surface area (Å²) in [4.78, 5) is 12.0. The summed E-state index contributed by atoms with van der Waals surface area (Å²) in [6.45, 7) is 3.21. The molecule has 2 aromatic heterocycles. The van der Waals surface area contributed by atoms with E-state index in [-0.39, 0.29) is 5.82 Å². The second-order valence-corrected chi connectivity index (χ2v) is 4.78. The van der Waals surface area contributed by atoms with E-state index in [0.29, 0.717) is 11.2 Å². The minimum atomic E-state index is -1.50. The molecule has 0 spiro atoms. The summed E-state index contributed by atoms with van der Waals surface area (Å²) in [5.41, 5.74) is 4.90. The van der Waals surface area contributed by atoms with Gasteiger partial charge in [-0.1, -0.05) is 6.58 Å². The Morgan fingerprint density at radius 3 is 2.81 bits per heavy atom. The Morgan fingerprint density at radius 1 is 1.43 bits per heavy atom. The number of fused-ring (bicyclic) bond motifs is 1. The lowest BCUT2D eigenvalue weighted by atomic mass is 10.0. The highest BCUT2D eigenvalue weighted by Gasteiger charge is 2.54. The number of aromatic nitrogens is 4. The molecule has 2 aromatic rings. The monoisotopic (exact) mass is 293 g/mol. The summed E-state index contributed by atoms with van der Waals surface area (Å²) >= 11 is 0. The Bertz CT molecular complexity index is 689. The minimum absolute atomic E-state index is 0.185. The van der Waals surface area contributed by atoms with Crippen LogP contribution in [0.1, 0.15) is 0 Å². The van der Waals surface area contributed by atoms with Crippen molar-refractivity contribution in [2.24, 2.45) is 0 Å². The molecular weight excluding hydrogens is 278 g/mol. The molecule has 5 N–H and O–H groups in total. The molecule has 21 heavy (non-hydrogen) atoms. The van der Waals surface area contributed by atoms with E-state index in [0.717, 1.165) is 0 Å². The lowest BCUT2D eigenvalue weighted by Gasteiger charge is -2.30. The molecule has 0 aliphatic carbocycles. The van der Waals surface area contributed by atoms with Crippen molar-refractivity contribution in [2.45, 2.75) is 24.0 Å². The summed E-state index contributed by atoms with van der Waals surface area (Å²) in [5.74, 6) is 0.185. The first-order valence-corrected chi connectivity index (χ1v) is 6.27. The van der Waals surface area contributed by atoms with Crippen LogP contribution in [0, 0.1) is 0 Å². The molecule has 9 nitrogen and oxygen atoms in total. The molecule has 0 amide bonds. The van der Waals surface area contributed by atoms with E-state index in [4.69, 9.17) is 10.5 Å². The molecule has 0 bridgehead atoms. The summed E-state index contributed by atoms with van der Waals surface area (Å²) in [6.07, 6.45) is 0.386. The second kappa shape index (κ2) is 4.74. The smallest absolute Gasteiger partial charge is 0.195 e. The van der Waals surface area contributed by atoms with Crippen LogP contribution in [0.25, 0.3) is 11.2 Å². The molecule has 9 heteroatoms. The zero-order valence-electron chi connectivity index (χ0n) is 11.0. The molecule has 0 aromatic carbocycles. The second-order valence-electron chi connectivity index (χ2n) is 4.78. The first kappa shape index (κ1) is 13.9. The van der Waals surface area contributed by atoms with Crippen LogP contribution in [0.3, 0.4) is 0 Å². The number of aliphatic hydroxyl groups is 3. The van der Waals surface area contributed by atoms with Gasteiger partial charge in [0.25, 0.3) is 0 Å². The number of nitrogens with two attached hydrogens (primary N) is 1. The summed E-state index contributed by atoms with van der Waals surface area (Å²) in [7, 11) is 0. The van der Waals surface area contributed by atoms with Gasteiger partial charge in [0, 0.05) is 0 Å². The largest absolute Gasteiger partial charge is 0.394 e. The van der Waals surface area contributed by atoms with E-state index in [1.165, 1.54) is 23.3 Å². The van der Waals surface area contributed by atoms with Gasteiger partial charge in [0.05, 0.1) is 12.9 Å². The molecule has 3 heterocycles. The van der Waals surface area contributed by atoms with Gasteiger partial charge in [-0.15, -0.1) is 0 Å². The molecule has 112 valence electrons. The zero-order chi connectivity index (χ0) is 15.2. The highest BCUT2D eigenvalue weighted by atomic mass is 16.6. The third-order valence-electron chi connectivity index (χ3n) is 3.68. The van der Waals surface area contributed by atoms with Crippen LogP contribution in [0.15, 0.2) is 25.3 Å². The fourth-order valence-electron chi connectivity index (χ4n) is 2.55. The first-order chi connectivity index (χ1) is 10.0. The Balaban J connectivity index is 2.19. The summed E-state index contributed by atoms with van der Waals surface area (Å²) in [6, 6.07) is 0. The molecule has 0 saturated carbocycles. The molecule has 1 saturated heterocycles. The van der Waals surface area contributed by atoms with E-state index in [1.807, 2.05) is 0 Å². The highest BCUT2D eigenvalue weighted by Crippen LogP contribution is 2.38. The Morgan fingerprint density at radius 2 is 2.19 bits per heavy atom. The van der Waals surface area contributed by atoms with Crippen molar-refractivity contribution in [3.8, 4) is 0 Å². The standard InChI is InChI=1S/C12H15N5O4/c1-2-12(9(20)8(19)6(3-18)21-12)17-5-16-7-10(13)14-4-15-11(7)17/h2,4-6,8-9,18-20H,1,3H2,(H2,13,14,15)/t6-,8-,9-,12-/m1/s1. The predicted molar refractivity (Wildman–Crippen MR) is 71.9 cm³/mol. The van der Waals surface area contributed by atoms with Crippen molar-refractivity contribution in [1.82, 2.24) is 19.5 Å². The zero-order valence-corrected chi connectivity index (χ0v) is 11.0. The molecule has 1 aliphatic rings. The molecular formula is C12H15N5O4. The molecule has 4 atom stereocenters. The van der Waals surface area contributed by atoms with Crippen molar-refractivity contribution >= 4 is 17.0 Å². The van der Waals surface area contributed by atoms with Gasteiger partial charge in [-0.25, -0.2) is 15.0 Å². The summed E-state index contributed by atoms with van der Waals surface area (Å²) < 4.78 is 7.03. The quantitative estimate of drug-likeness (QED) is 0.494. The number of anilines is 1. The number of imidazole rings is 1. The van der Waals surface area contributed by atoms with Gasteiger partial charge >= 0.3 is 0 Å². The Hall–Kier alpha value is -2.07. The summed E-state index contributed by atoms with van der Waals surface area (Å²) in [5, 5.41) is 29.5. The van der Waals surface area contributed by atoms with Crippen LogP contribution in [-0.2, 0) is 10.5 Å². The van der Waals surface area contributed by atoms with Crippen molar-refractivity contribution in [2.75, 3.05) is 12.3 Å². The number of aliphatic hydroxyl groups excluding tert-OH is 3. The first-order valence-electron chi connectivity index (χ1n) is 6.27. The van der Waals surface area contributed by atoms with Gasteiger partial charge in [-0.05, 0) is 6.08 Å². The number of hydrogen-bond acceptors (Lipinski definition) is 8. The fourth-order valence-corrected chi connectivity index (χ4v) is 2.55. The maximum atomic E-state index is 10.3. The van der Waals surface area contributed by atoms with E-state index >= 15 is 0 Å². The van der Waals surface area contributed by atoms with E-state index in [1.54, 1.807) is 0 Å². The average Bonchev–Trinajstić information content (AvgIpc) is 3.03. The van der Waals surface area contributed by atoms with Crippen LogP contribution in [0.2, 0.25) is 0 Å². The van der Waals surface area contributed by atoms with Crippen LogP contribution in [-0.4, -0.2) is 59.8 Å². The van der Waals surface area contributed by atoms with Crippen molar-refractivity contribution in [3.05, 3.63) is 25.3 Å². The molecule has 1 fully saturated rings. The highest BCUT2D eigenvalue weighted by molar-refractivity contribution is 5.81. The normalized spacial score (nSPS) is 32.6. The lowest BCUT2D eigenvalue weighted by molar-refractivity contribution is -0.110. The van der Waals surface area contributed by atoms with Crippen molar-refractivity contribution in [3.63, 3.8) is 0 Å². The lowest BCUT2D eigenvalue weighted by Crippen LogP contribution is -2.43. The number of ether oxygens (including phenoxy) is 1. The predicted octanol–water partition coefficient (Wildman–Crippen LogP) is -1.64. The van der Waals surface area contributed by atoms with E-state index in [2.05, 4.69) is 21.5 Å². The Kier molecular flexibility index (Phi) is 3.14. The number of hydrogen-bond donors (Lipinski definition) is 4. The number of nitrogens with zero attached hydrogens (tertiary/aromatic N) is 4. The van der Waals surface area contributed by atoms with Crippen LogP contribution < -0.4 is 5.73 Å².